The van der Waals surface area contributed by atoms with E-state index in [1.54, 1.807) is 4.90 Å². The van der Waals surface area contributed by atoms with Gasteiger partial charge in [-0.25, -0.2) is 0 Å². The van der Waals surface area contributed by atoms with Crippen LogP contribution in [0, 0.1) is 16.7 Å². The molecule has 2 N–H and O–H groups in total. The Bertz CT molecular complexity index is 382. The number of nitriles is 1. The summed E-state index contributed by atoms with van der Waals surface area (Å²) < 4.78 is 0. The molecule has 1 aliphatic carbocycles. The van der Waals surface area contributed by atoms with Crippen LogP contribution in [-0.2, 0) is 4.79 Å². The molecule has 21 heavy (non-hydrogen) atoms. The van der Waals surface area contributed by atoms with Gasteiger partial charge in [0.25, 0.3) is 0 Å². The van der Waals surface area contributed by atoms with E-state index < -0.39 is 6.04 Å². The highest BCUT2D eigenvalue weighted by molar-refractivity contribution is 5.83. The lowest BCUT2D eigenvalue weighted by Crippen LogP contribution is -2.57. The fourth-order valence-electron chi connectivity index (χ4n) is 3.35. The van der Waals surface area contributed by atoms with Gasteiger partial charge in [-0.3, -0.25) is 4.79 Å². The molecule has 4 heteroatoms. The van der Waals surface area contributed by atoms with Crippen molar-refractivity contribution in [2.24, 2.45) is 11.1 Å². The van der Waals surface area contributed by atoms with Crippen LogP contribution in [0.15, 0.2) is 0 Å². The minimum Gasteiger partial charge on any atom is -0.323 e. The molecule has 4 nitrogen and oxygen atoms in total. The summed E-state index contributed by atoms with van der Waals surface area (Å²) in [5.41, 5.74) is 6.25. The van der Waals surface area contributed by atoms with Crippen molar-refractivity contribution in [1.82, 2.24) is 4.90 Å². The van der Waals surface area contributed by atoms with Crippen LogP contribution in [0.4, 0.5) is 0 Å². The first-order chi connectivity index (χ1) is 9.91. The maximum absolute atomic E-state index is 13.0. The quantitative estimate of drug-likeness (QED) is 0.817. The van der Waals surface area contributed by atoms with Crippen LogP contribution in [0.3, 0.4) is 0 Å². The van der Waals surface area contributed by atoms with Crippen LogP contribution < -0.4 is 5.73 Å². The highest BCUT2D eigenvalue weighted by Gasteiger charge is 2.41. The molecule has 0 aromatic rings. The van der Waals surface area contributed by atoms with Crippen molar-refractivity contribution in [3.63, 3.8) is 0 Å². The second-order valence-electron chi connectivity index (χ2n) is 6.75. The van der Waals surface area contributed by atoms with E-state index >= 15 is 0 Å². The molecule has 1 rings (SSSR count). The summed E-state index contributed by atoms with van der Waals surface area (Å²) in [7, 11) is 0. The lowest BCUT2D eigenvalue weighted by molar-refractivity contribution is -0.140. The Morgan fingerprint density at radius 1 is 1.29 bits per heavy atom. The maximum Gasteiger partial charge on any atom is 0.241 e. The van der Waals surface area contributed by atoms with E-state index in [2.05, 4.69) is 13.0 Å². The number of hydrogen-bond donors (Lipinski definition) is 1. The Kier molecular flexibility index (Phi) is 6.67. The molecular formula is C17H31N3O. The van der Waals surface area contributed by atoms with Gasteiger partial charge >= 0.3 is 0 Å². The van der Waals surface area contributed by atoms with Gasteiger partial charge in [-0.05, 0) is 38.0 Å². The smallest absolute Gasteiger partial charge is 0.241 e. The summed E-state index contributed by atoms with van der Waals surface area (Å²) in [6, 6.07) is 1.46. The Balaban J connectivity index is 2.96. The molecule has 1 saturated carbocycles. The Labute approximate surface area is 129 Å². The largest absolute Gasteiger partial charge is 0.323 e. The molecule has 0 aliphatic heterocycles. The molecule has 0 unspecified atom stereocenters. The minimum atomic E-state index is -0.491. The fraction of sp³-hybridized carbons (Fsp3) is 0.882. The number of rotatable bonds is 6. The third-order valence-corrected chi connectivity index (χ3v) is 5.20. The summed E-state index contributed by atoms with van der Waals surface area (Å²) in [6.45, 7) is 8.14. The fourth-order valence-corrected chi connectivity index (χ4v) is 3.35. The molecular weight excluding hydrogens is 262 g/mol. The number of carbonyl (C=O) groups excluding carboxylic acids is 1. The van der Waals surface area contributed by atoms with Gasteiger partial charge in [0.1, 0.15) is 6.04 Å². The minimum absolute atomic E-state index is 0.0397. The Hall–Kier alpha value is -1.08. The van der Waals surface area contributed by atoms with Crippen molar-refractivity contribution in [1.29, 1.82) is 5.26 Å². The van der Waals surface area contributed by atoms with Crippen molar-refractivity contribution in [2.45, 2.75) is 90.8 Å². The second kappa shape index (κ2) is 7.79. The van der Waals surface area contributed by atoms with E-state index in [1.807, 2.05) is 20.8 Å². The first-order valence-electron chi connectivity index (χ1n) is 8.38. The summed E-state index contributed by atoms with van der Waals surface area (Å²) in [4.78, 5) is 14.7. The molecule has 1 aliphatic rings. The summed E-state index contributed by atoms with van der Waals surface area (Å²) in [6.07, 6.45) is 7.05. The molecule has 0 saturated heterocycles. The number of carbonyl (C=O) groups is 1. The molecule has 1 amide bonds. The Morgan fingerprint density at radius 2 is 1.86 bits per heavy atom. The SMILES string of the molecule is CC[C@@H](C)N(C(=O)[C@@H](N)C1(C)CCCCC1)[C@H](C#N)CC. The van der Waals surface area contributed by atoms with E-state index in [1.165, 1.54) is 6.42 Å². The molecule has 0 bridgehead atoms. The van der Waals surface area contributed by atoms with Gasteiger partial charge in [-0.15, -0.1) is 0 Å². The predicted octanol–water partition coefficient (Wildman–Crippen LogP) is 3.21. The average molecular weight is 293 g/mol. The molecule has 0 aromatic carbocycles. The zero-order chi connectivity index (χ0) is 16.0. The molecule has 0 spiro atoms. The molecule has 0 radical (unpaired) electrons. The zero-order valence-electron chi connectivity index (χ0n) is 14.1. The lowest BCUT2D eigenvalue weighted by atomic mass is 9.70. The number of nitrogens with two attached hydrogens (primary N) is 1. The summed E-state index contributed by atoms with van der Waals surface area (Å²) in [5.74, 6) is -0.0397. The van der Waals surface area contributed by atoms with Crippen LogP contribution in [0.25, 0.3) is 0 Å². The first-order valence-corrected chi connectivity index (χ1v) is 8.38. The van der Waals surface area contributed by atoms with Gasteiger partial charge < -0.3 is 10.6 Å². The molecule has 1 fully saturated rings. The van der Waals surface area contributed by atoms with E-state index in [9.17, 15) is 10.1 Å². The van der Waals surface area contributed by atoms with Gasteiger partial charge in [0, 0.05) is 6.04 Å². The van der Waals surface area contributed by atoms with Gasteiger partial charge in [0.05, 0.1) is 12.1 Å². The summed E-state index contributed by atoms with van der Waals surface area (Å²) >= 11 is 0. The van der Waals surface area contributed by atoms with Crippen molar-refractivity contribution >= 4 is 5.91 Å². The third kappa shape index (κ3) is 3.97. The number of nitrogens with zero attached hydrogens (tertiary/aromatic N) is 2. The first kappa shape index (κ1) is 18.0. The maximum atomic E-state index is 13.0. The predicted molar refractivity (Wildman–Crippen MR) is 85.5 cm³/mol. The normalized spacial score (nSPS) is 21.9. The zero-order valence-corrected chi connectivity index (χ0v) is 14.1. The standard InChI is InChI=1S/C17H31N3O/c1-5-13(3)20(14(6-2)12-18)16(21)15(19)17(4)10-8-7-9-11-17/h13-15H,5-11,19H2,1-4H3/t13-,14+,15-/m1/s1. The molecule has 120 valence electrons. The average Bonchev–Trinajstić information content (AvgIpc) is 2.51. The Morgan fingerprint density at radius 3 is 2.29 bits per heavy atom. The van der Waals surface area contributed by atoms with Crippen molar-refractivity contribution in [3.05, 3.63) is 0 Å². The van der Waals surface area contributed by atoms with E-state index in [4.69, 9.17) is 5.73 Å². The van der Waals surface area contributed by atoms with Crippen LogP contribution in [0.5, 0.6) is 0 Å². The highest BCUT2D eigenvalue weighted by Crippen LogP contribution is 2.39. The highest BCUT2D eigenvalue weighted by atomic mass is 16.2. The van der Waals surface area contributed by atoms with E-state index in [0.717, 1.165) is 32.1 Å². The number of hydrogen-bond acceptors (Lipinski definition) is 3. The van der Waals surface area contributed by atoms with Crippen molar-refractivity contribution in [3.8, 4) is 6.07 Å². The van der Waals surface area contributed by atoms with Crippen LogP contribution in [-0.4, -0.2) is 28.9 Å². The van der Waals surface area contributed by atoms with E-state index in [0.29, 0.717) is 6.42 Å². The van der Waals surface area contributed by atoms with Gasteiger partial charge in [0.2, 0.25) is 5.91 Å². The second-order valence-corrected chi connectivity index (χ2v) is 6.75. The van der Waals surface area contributed by atoms with Crippen LogP contribution in [0.2, 0.25) is 0 Å². The van der Waals surface area contributed by atoms with Gasteiger partial charge in [0.15, 0.2) is 0 Å². The number of amides is 1. The molecule has 0 aromatic heterocycles. The molecule has 3 atom stereocenters. The monoisotopic (exact) mass is 293 g/mol. The van der Waals surface area contributed by atoms with Crippen molar-refractivity contribution < 1.29 is 4.79 Å². The van der Waals surface area contributed by atoms with Crippen molar-refractivity contribution in [2.75, 3.05) is 0 Å². The van der Waals surface area contributed by atoms with Gasteiger partial charge in [-0.2, -0.15) is 5.26 Å². The van der Waals surface area contributed by atoms with E-state index in [-0.39, 0.29) is 23.4 Å². The molecule has 0 heterocycles. The van der Waals surface area contributed by atoms with Crippen LogP contribution >= 0.6 is 0 Å². The lowest BCUT2D eigenvalue weighted by Gasteiger charge is -2.42. The summed E-state index contributed by atoms with van der Waals surface area (Å²) in [5, 5.41) is 9.36. The topological polar surface area (TPSA) is 70.1 Å². The van der Waals surface area contributed by atoms with Gasteiger partial charge in [-0.1, -0.05) is 40.0 Å². The van der Waals surface area contributed by atoms with Crippen LogP contribution in [0.1, 0.15) is 72.6 Å². The third-order valence-electron chi connectivity index (χ3n) is 5.20.